The second-order valence-electron chi connectivity index (χ2n) is 5.92. The fraction of sp³-hybridized carbons (Fsp3) is 0.176. The van der Waals surface area contributed by atoms with Crippen LogP contribution in [0.2, 0.25) is 0 Å². The lowest BCUT2D eigenvalue weighted by molar-refractivity contribution is 0.613. The van der Waals surface area contributed by atoms with Gasteiger partial charge in [0, 0.05) is 11.2 Å². The van der Waals surface area contributed by atoms with Crippen molar-refractivity contribution in [3.8, 4) is 0 Å². The van der Waals surface area contributed by atoms with Gasteiger partial charge in [-0.2, -0.15) is 0 Å². The maximum Gasteiger partial charge on any atom is 0.0360 e. The van der Waals surface area contributed by atoms with Crippen molar-refractivity contribution in [3.05, 3.63) is 47.2 Å². The summed E-state index contributed by atoms with van der Waals surface area (Å²) in [7, 11) is 0. The van der Waals surface area contributed by atoms with E-state index >= 15 is 0 Å². The van der Waals surface area contributed by atoms with Gasteiger partial charge < -0.3 is 11.5 Å². The van der Waals surface area contributed by atoms with Gasteiger partial charge in [0.25, 0.3) is 0 Å². The monoisotopic (exact) mass is 248 g/mol. The molecule has 4 rings (SSSR count). The Balaban J connectivity index is 2.31. The first kappa shape index (κ1) is 10.8. The van der Waals surface area contributed by atoms with Gasteiger partial charge in [-0.05, 0) is 57.8 Å². The average Bonchev–Trinajstić information content (AvgIpc) is 2.33. The molecule has 0 amide bonds. The molecule has 1 aliphatic carbocycles. The van der Waals surface area contributed by atoms with Crippen LogP contribution in [0.4, 0.5) is 5.69 Å². The lowest BCUT2D eigenvalue weighted by Gasteiger charge is -2.26. The highest BCUT2D eigenvalue weighted by atomic mass is 14.7. The maximum absolute atomic E-state index is 6.32. The van der Waals surface area contributed by atoms with E-state index in [1.807, 2.05) is 12.1 Å². The van der Waals surface area contributed by atoms with E-state index in [4.69, 9.17) is 11.5 Å². The van der Waals surface area contributed by atoms with Crippen molar-refractivity contribution in [2.75, 3.05) is 5.73 Å². The van der Waals surface area contributed by atoms with Gasteiger partial charge >= 0.3 is 0 Å². The van der Waals surface area contributed by atoms with Crippen LogP contribution in [0, 0.1) is 0 Å². The number of nitrogen functional groups attached to an aromatic ring is 1. The highest BCUT2D eigenvalue weighted by molar-refractivity contribution is 6.13. The topological polar surface area (TPSA) is 52.0 Å². The summed E-state index contributed by atoms with van der Waals surface area (Å²) in [6.45, 7) is 2.08. The van der Waals surface area contributed by atoms with Crippen LogP contribution in [0.15, 0.2) is 36.4 Å². The molecule has 0 radical (unpaired) electrons. The third-order valence-corrected chi connectivity index (χ3v) is 4.04. The fourth-order valence-electron chi connectivity index (χ4n) is 3.37. The lowest BCUT2D eigenvalue weighted by Crippen LogP contribution is -2.40. The number of nitrogens with two attached hydrogens (primary N) is 2. The van der Waals surface area contributed by atoms with Gasteiger partial charge in [0.05, 0.1) is 0 Å². The molecule has 1 aliphatic rings. The SMILES string of the molecule is CC1(N)C=c2ccc3cc(N)cc4ccc(c2c43)C1. The molecule has 2 heteroatoms. The summed E-state index contributed by atoms with van der Waals surface area (Å²) in [6.07, 6.45) is 3.07. The minimum atomic E-state index is -0.258. The molecule has 4 N–H and O–H groups in total. The molecule has 2 nitrogen and oxygen atoms in total. The van der Waals surface area contributed by atoms with Gasteiger partial charge in [-0.15, -0.1) is 0 Å². The Hall–Kier alpha value is -2.06. The summed E-state index contributed by atoms with van der Waals surface area (Å²) in [5.41, 5.74) is 14.2. The normalized spacial score (nSPS) is 21.8. The second-order valence-corrected chi connectivity index (χ2v) is 5.92. The summed E-state index contributed by atoms with van der Waals surface area (Å²) in [4.78, 5) is 0. The molecule has 0 saturated carbocycles. The van der Waals surface area contributed by atoms with Crippen molar-refractivity contribution in [1.82, 2.24) is 0 Å². The number of anilines is 1. The largest absolute Gasteiger partial charge is 0.399 e. The third-order valence-electron chi connectivity index (χ3n) is 4.04. The van der Waals surface area contributed by atoms with Gasteiger partial charge in [0.15, 0.2) is 0 Å². The van der Waals surface area contributed by atoms with Crippen LogP contribution in [0.3, 0.4) is 0 Å². The van der Waals surface area contributed by atoms with Crippen LogP contribution < -0.4 is 16.7 Å². The van der Waals surface area contributed by atoms with Crippen LogP contribution in [-0.2, 0) is 6.42 Å². The number of hydrogen-bond acceptors (Lipinski definition) is 2. The molecular weight excluding hydrogens is 232 g/mol. The van der Waals surface area contributed by atoms with Crippen molar-refractivity contribution in [2.45, 2.75) is 18.9 Å². The molecule has 0 bridgehead atoms. The molecule has 0 fully saturated rings. The molecule has 3 aromatic rings. The van der Waals surface area contributed by atoms with Gasteiger partial charge in [-0.1, -0.05) is 30.3 Å². The number of rotatable bonds is 0. The number of benzene rings is 3. The van der Waals surface area contributed by atoms with E-state index in [9.17, 15) is 0 Å². The van der Waals surface area contributed by atoms with Crippen molar-refractivity contribution >= 4 is 33.3 Å². The fourth-order valence-corrected chi connectivity index (χ4v) is 3.37. The molecule has 19 heavy (non-hydrogen) atoms. The van der Waals surface area contributed by atoms with Gasteiger partial charge in [0.1, 0.15) is 0 Å². The molecular formula is C17H16N2. The lowest BCUT2D eigenvalue weighted by atomic mass is 9.82. The smallest absolute Gasteiger partial charge is 0.0360 e. The van der Waals surface area contributed by atoms with Gasteiger partial charge in [-0.3, -0.25) is 0 Å². The van der Waals surface area contributed by atoms with E-state index in [-0.39, 0.29) is 5.54 Å². The third kappa shape index (κ3) is 1.47. The number of hydrogen-bond donors (Lipinski definition) is 2. The van der Waals surface area contributed by atoms with Gasteiger partial charge in [-0.25, -0.2) is 0 Å². The van der Waals surface area contributed by atoms with Crippen LogP contribution in [0.5, 0.6) is 0 Å². The Morgan fingerprint density at radius 1 is 1.00 bits per heavy atom. The first-order chi connectivity index (χ1) is 9.03. The van der Waals surface area contributed by atoms with Crippen LogP contribution in [0.25, 0.3) is 27.6 Å². The molecule has 1 atom stereocenters. The zero-order valence-corrected chi connectivity index (χ0v) is 10.9. The van der Waals surface area contributed by atoms with Crippen molar-refractivity contribution < 1.29 is 0 Å². The Bertz CT molecular complexity index is 857. The van der Waals surface area contributed by atoms with E-state index < -0.39 is 0 Å². The zero-order valence-electron chi connectivity index (χ0n) is 10.9. The van der Waals surface area contributed by atoms with Crippen LogP contribution in [-0.4, -0.2) is 5.54 Å². The van der Waals surface area contributed by atoms with E-state index in [0.29, 0.717) is 0 Å². The van der Waals surface area contributed by atoms with Crippen LogP contribution in [0.1, 0.15) is 12.5 Å². The Labute approximate surface area is 111 Å². The summed E-state index contributed by atoms with van der Waals surface area (Å²) in [5.74, 6) is 0. The predicted octanol–water partition coefficient (Wildman–Crippen LogP) is 2.35. The van der Waals surface area contributed by atoms with E-state index in [1.54, 1.807) is 0 Å². The van der Waals surface area contributed by atoms with Gasteiger partial charge in [0.2, 0.25) is 0 Å². The molecule has 1 unspecified atom stereocenters. The predicted molar refractivity (Wildman–Crippen MR) is 81.8 cm³/mol. The summed E-state index contributed by atoms with van der Waals surface area (Å²) in [5, 5.41) is 6.33. The Morgan fingerprint density at radius 3 is 2.42 bits per heavy atom. The highest BCUT2D eigenvalue weighted by Crippen LogP contribution is 2.32. The second kappa shape index (κ2) is 3.28. The minimum Gasteiger partial charge on any atom is -0.399 e. The molecule has 0 aliphatic heterocycles. The van der Waals surface area contributed by atoms with E-state index in [0.717, 1.165) is 12.1 Å². The maximum atomic E-state index is 6.32. The quantitative estimate of drug-likeness (QED) is 0.600. The molecule has 0 aromatic heterocycles. The first-order valence-corrected chi connectivity index (χ1v) is 6.59. The Morgan fingerprint density at radius 2 is 1.68 bits per heavy atom. The van der Waals surface area contributed by atoms with Crippen LogP contribution >= 0.6 is 0 Å². The first-order valence-electron chi connectivity index (χ1n) is 6.59. The standard InChI is InChI=1S/C17H16N2/c1-17(19)8-12-4-2-10-6-14(18)7-11-3-5-13(9-17)16(12)15(10)11/h2-8H,9,18-19H2,1H3. The van der Waals surface area contributed by atoms with Crippen molar-refractivity contribution in [1.29, 1.82) is 0 Å². The average molecular weight is 248 g/mol. The molecule has 3 aromatic carbocycles. The summed E-state index contributed by atoms with van der Waals surface area (Å²) in [6, 6.07) is 12.7. The van der Waals surface area contributed by atoms with E-state index in [2.05, 4.69) is 37.3 Å². The molecule has 0 heterocycles. The van der Waals surface area contributed by atoms with Crippen molar-refractivity contribution in [2.24, 2.45) is 5.73 Å². The summed E-state index contributed by atoms with van der Waals surface area (Å²) < 4.78 is 0. The zero-order chi connectivity index (χ0) is 13.2. The van der Waals surface area contributed by atoms with Crippen molar-refractivity contribution in [3.63, 3.8) is 0 Å². The Kier molecular flexibility index (Phi) is 1.87. The van der Waals surface area contributed by atoms with E-state index in [1.165, 1.54) is 32.3 Å². The highest BCUT2D eigenvalue weighted by Gasteiger charge is 2.22. The molecule has 0 saturated heterocycles. The molecule has 0 spiro atoms. The molecule has 94 valence electrons. The summed E-state index contributed by atoms with van der Waals surface area (Å²) >= 11 is 0. The minimum absolute atomic E-state index is 0.258.